The lowest BCUT2D eigenvalue weighted by molar-refractivity contribution is -0.123. The van der Waals surface area contributed by atoms with Crippen LogP contribution in [0.2, 0.25) is 0 Å². The molecule has 3 amide bonds. The Morgan fingerprint density at radius 3 is 2.42 bits per heavy atom. The van der Waals surface area contributed by atoms with E-state index in [1.165, 1.54) is 29.2 Å². The van der Waals surface area contributed by atoms with Crippen molar-refractivity contribution in [2.75, 3.05) is 10.2 Å². The molecule has 36 heavy (non-hydrogen) atoms. The quantitative estimate of drug-likeness (QED) is 0.301. The van der Waals surface area contributed by atoms with Crippen LogP contribution in [-0.4, -0.2) is 37.9 Å². The van der Waals surface area contributed by atoms with Gasteiger partial charge in [-0.2, -0.15) is 13.2 Å². The number of urea groups is 1. The first-order valence-electron chi connectivity index (χ1n) is 11.2. The molecule has 0 atom stereocenters. The van der Waals surface area contributed by atoms with Crippen molar-refractivity contribution >= 4 is 41.0 Å². The third-order valence-electron chi connectivity index (χ3n) is 5.74. The van der Waals surface area contributed by atoms with E-state index in [-0.39, 0.29) is 28.9 Å². The summed E-state index contributed by atoms with van der Waals surface area (Å²) in [6.45, 7) is 5.43. The van der Waals surface area contributed by atoms with Crippen molar-refractivity contribution in [3.63, 3.8) is 0 Å². The first-order chi connectivity index (χ1) is 17.0. The lowest BCUT2D eigenvalue weighted by Gasteiger charge is -2.27. The van der Waals surface area contributed by atoms with Gasteiger partial charge in [0.2, 0.25) is 0 Å². The third-order valence-corrected chi connectivity index (χ3v) is 6.48. The van der Waals surface area contributed by atoms with Crippen LogP contribution in [0.25, 0.3) is 0 Å². The van der Waals surface area contributed by atoms with Crippen LogP contribution in [-0.2, 0) is 17.8 Å². The first kappa shape index (κ1) is 25.5. The van der Waals surface area contributed by atoms with Gasteiger partial charge in [-0.05, 0) is 86.1 Å². The van der Waals surface area contributed by atoms with Gasteiger partial charge in [-0.1, -0.05) is 13.0 Å². The normalized spacial score (nSPS) is 15.5. The molecule has 4 rings (SSSR count). The van der Waals surface area contributed by atoms with Crippen molar-refractivity contribution in [3.8, 4) is 0 Å². The van der Waals surface area contributed by atoms with Gasteiger partial charge in [-0.25, -0.2) is 19.7 Å². The second-order valence-electron chi connectivity index (χ2n) is 8.65. The molecule has 7 nitrogen and oxygen atoms in total. The highest BCUT2D eigenvalue weighted by Gasteiger charge is 2.51. The lowest BCUT2D eigenvalue weighted by atomic mass is 10.0. The maximum absolute atomic E-state index is 13.3. The number of hydrogen-bond donors (Lipinski definition) is 1. The average Bonchev–Trinajstić information content (AvgIpc) is 2.98. The fourth-order valence-corrected chi connectivity index (χ4v) is 4.37. The summed E-state index contributed by atoms with van der Waals surface area (Å²) in [5.41, 5.74) is -3.70. The molecule has 0 spiro atoms. The Morgan fingerprint density at radius 2 is 1.75 bits per heavy atom. The van der Waals surface area contributed by atoms with E-state index in [0.29, 0.717) is 11.6 Å². The third kappa shape index (κ3) is 5.46. The van der Waals surface area contributed by atoms with Crippen LogP contribution >= 0.6 is 11.8 Å². The number of rotatable bonds is 7. The Balaban J connectivity index is 1.53. The molecule has 2 aromatic heterocycles. The molecule has 0 aliphatic carbocycles. The predicted molar refractivity (Wildman–Crippen MR) is 132 cm³/mol. The van der Waals surface area contributed by atoms with Crippen molar-refractivity contribution in [1.29, 1.82) is 0 Å². The van der Waals surface area contributed by atoms with Gasteiger partial charge in [-0.15, -0.1) is 0 Å². The standard InChI is InChI=1S/C25H24F3N5O2S/c1-4-17-6-5-7-20(30-17)31-21-14-16(12-13-29-21)15-32-23(35)33(22(34)24(32,2)3)18-8-10-19(11-9-18)36-25(26,27)28/h5-14H,4,15H2,1-3H3,(H,29,30,31). The number of carbonyl (C=O) groups is 2. The summed E-state index contributed by atoms with van der Waals surface area (Å²) in [4.78, 5) is 37.7. The van der Waals surface area contributed by atoms with Gasteiger partial charge in [0, 0.05) is 23.3 Å². The van der Waals surface area contributed by atoms with Crippen LogP contribution in [0.1, 0.15) is 32.0 Å². The molecule has 11 heteroatoms. The van der Waals surface area contributed by atoms with Crippen LogP contribution < -0.4 is 10.2 Å². The van der Waals surface area contributed by atoms with Gasteiger partial charge in [-0.3, -0.25) is 4.79 Å². The lowest BCUT2D eigenvalue weighted by Crippen LogP contribution is -2.43. The van der Waals surface area contributed by atoms with E-state index in [4.69, 9.17) is 0 Å². The molecule has 1 aliphatic heterocycles. The van der Waals surface area contributed by atoms with Gasteiger partial charge in [0.05, 0.1) is 5.69 Å². The number of aromatic nitrogens is 2. The molecule has 0 radical (unpaired) electrons. The summed E-state index contributed by atoms with van der Waals surface area (Å²) in [6.07, 6.45) is 2.40. The van der Waals surface area contributed by atoms with Crippen molar-refractivity contribution < 1.29 is 22.8 Å². The van der Waals surface area contributed by atoms with Gasteiger partial charge in [0.15, 0.2) is 0 Å². The number of hydrogen-bond acceptors (Lipinski definition) is 6. The minimum atomic E-state index is -4.42. The molecule has 1 aromatic carbocycles. The number of benzene rings is 1. The fraction of sp³-hybridized carbons (Fsp3) is 0.280. The highest BCUT2D eigenvalue weighted by molar-refractivity contribution is 8.00. The maximum atomic E-state index is 13.3. The van der Waals surface area contributed by atoms with E-state index in [0.717, 1.165) is 22.6 Å². The molecular weight excluding hydrogens is 491 g/mol. The van der Waals surface area contributed by atoms with Crippen LogP contribution in [0, 0.1) is 0 Å². The van der Waals surface area contributed by atoms with Crippen molar-refractivity contribution in [2.45, 2.75) is 49.7 Å². The summed E-state index contributed by atoms with van der Waals surface area (Å²) in [5, 5.41) is 3.16. The molecule has 3 aromatic rings. The number of nitrogens with zero attached hydrogens (tertiary/aromatic N) is 4. The Labute approximate surface area is 210 Å². The zero-order chi connectivity index (χ0) is 26.1. The number of aryl methyl sites for hydroxylation is 1. The van der Waals surface area contributed by atoms with Gasteiger partial charge in [0.1, 0.15) is 17.2 Å². The Hall–Kier alpha value is -3.60. The molecule has 1 saturated heterocycles. The molecule has 0 bridgehead atoms. The number of carbonyl (C=O) groups excluding carboxylic acids is 2. The topological polar surface area (TPSA) is 78.4 Å². The fourth-order valence-electron chi connectivity index (χ4n) is 3.83. The highest BCUT2D eigenvalue weighted by atomic mass is 32.2. The molecular formula is C25H24F3N5O2S. The van der Waals surface area contributed by atoms with Crippen molar-refractivity contribution in [1.82, 2.24) is 14.9 Å². The van der Waals surface area contributed by atoms with E-state index < -0.39 is 23.0 Å². The second-order valence-corrected chi connectivity index (χ2v) is 9.79. The number of pyridine rings is 2. The minimum absolute atomic E-state index is 0.0303. The SMILES string of the molecule is CCc1cccc(Nc2cc(CN3C(=O)N(c4ccc(SC(F)(F)F)cc4)C(=O)C3(C)C)ccn2)n1. The molecule has 1 N–H and O–H groups in total. The van der Waals surface area contributed by atoms with Crippen LogP contribution in [0.4, 0.5) is 35.3 Å². The Bertz CT molecular complexity index is 1280. The Kier molecular flexibility index (Phi) is 6.94. The highest BCUT2D eigenvalue weighted by Crippen LogP contribution is 2.39. The molecule has 3 heterocycles. The summed E-state index contributed by atoms with van der Waals surface area (Å²) in [6, 6.07) is 13.8. The molecule has 188 valence electrons. The molecule has 0 saturated carbocycles. The van der Waals surface area contributed by atoms with E-state index in [2.05, 4.69) is 15.3 Å². The Morgan fingerprint density at radius 1 is 1.03 bits per heavy atom. The predicted octanol–water partition coefficient (Wildman–Crippen LogP) is 6.14. The average molecular weight is 516 g/mol. The smallest absolute Gasteiger partial charge is 0.325 e. The summed E-state index contributed by atoms with van der Waals surface area (Å²) < 4.78 is 37.9. The number of thioether (sulfide) groups is 1. The van der Waals surface area contributed by atoms with Crippen molar-refractivity contribution in [2.24, 2.45) is 0 Å². The second kappa shape index (κ2) is 9.81. The van der Waals surface area contributed by atoms with Crippen LogP contribution in [0.15, 0.2) is 65.7 Å². The number of anilines is 3. The number of nitrogens with one attached hydrogen (secondary N) is 1. The van der Waals surface area contributed by atoms with E-state index in [1.54, 1.807) is 32.2 Å². The zero-order valence-electron chi connectivity index (χ0n) is 19.8. The largest absolute Gasteiger partial charge is 0.446 e. The number of amides is 3. The summed E-state index contributed by atoms with van der Waals surface area (Å²) in [7, 11) is 0. The molecule has 0 unspecified atom stereocenters. The van der Waals surface area contributed by atoms with E-state index >= 15 is 0 Å². The molecule has 1 fully saturated rings. The van der Waals surface area contributed by atoms with Gasteiger partial charge >= 0.3 is 11.5 Å². The van der Waals surface area contributed by atoms with E-state index in [9.17, 15) is 22.8 Å². The summed E-state index contributed by atoms with van der Waals surface area (Å²) >= 11 is -0.256. The van der Waals surface area contributed by atoms with Crippen LogP contribution in [0.5, 0.6) is 0 Å². The maximum Gasteiger partial charge on any atom is 0.446 e. The van der Waals surface area contributed by atoms with Gasteiger partial charge < -0.3 is 10.2 Å². The van der Waals surface area contributed by atoms with Crippen LogP contribution in [0.3, 0.4) is 0 Å². The monoisotopic (exact) mass is 515 g/mol. The minimum Gasteiger partial charge on any atom is -0.325 e. The first-order valence-corrected chi connectivity index (χ1v) is 12.0. The number of imide groups is 1. The molecule has 1 aliphatic rings. The van der Waals surface area contributed by atoms with Crippen molar-refractivity contribution in [3.05, 3.63) is 72.1 Å². The number of halogens is 3. The zero-order valence-corrected chi connectivity index (χ0v) is 20.7. The summed E-state index contributed by atoms with van der Waals surface area (Å²) in [5.74, 6) is 0.723. The van der Waals surface area contributed by atoms with E-state index in [1.807, 2.05) is 25.1 Å². The number of alkyl halides is 3. The van der Waals surface area contributed by atoms with Gasteiger partial charge in [0.25, 0.3) is 5.91 Å².